The largest absolute Gasteiger partial charge is 0.507 e. The highest BCUT2D eigenvalue weighted by Gasteiger charge is 2.11. The maximum absolute atomic E-state index is 11.4. The number of aliphatic hydroxyl groups excluding tert-OH is 2. The smallest absolute Gasteiger partial charge is 0.162 e. The van der Waals surface area contributed by atoms with Gasteiger partial charge in [-0.25, -0.2) is 0 Å². The fourth-order valence-electron chi connectivity index (χ4n) is 0.997. The molecule has 3 heteroatoms. The van der Waals surface area contributed by atoms with Crippen molar-refractivity contribution in [2.75, 3.05) is 6.61 Å². The van der Waals surface area contributed by atoms with Gasteiger partial charge < -0.3 is 10.2 Å². The fraction of sp³-hybridized carbons (Fsp3) is 0.545. The van der Waals surface area contributed by atoms with Crippen LogP contribution in [0, 0.1) is 0 Å². The Bertz CT molecular complexity index is 251. The lowest BCUT2D eigenvalue weighted by molar-refractivity contribution is -0.115. The summed E-state index contributed by atoms with van der Waals surface area (Å²) in [6.45, 7) is 6.67. The van der Waals surface area contributed by atoms with E-state index in [0.717, 1.165) is 12.8 Å². The van der Waals surface area contributed by atoms with Crippen LogP contribution in [0.15, 0.2) is 23.5 Å². The summed E-state index contributed by atoms with van der Waals surface area (Å²) in [5, 5.41) is 18.2. The van der Waals surface area contributed by atoms with Crippen molar-refractivity contribution in [3.8, 4) is 0 Å². The Morgan fingerprint density at radius 1 is 1.43 bits per heavy atom. The van der Waals surface area contributed by atoms with Crippen LogP contribution in [0.2, 0.25) is 0 Å². The molecule has 0 fully saturated rings. The molecule has 0 saturated heterocycles. The van der Waals surface area contributed by atoms with Crippen molar-refractivity contribution in [1.29, 1.82) is 0 Å². The summed E-state index contributed by atoms with van der Waals surface area (Å²) in [5.74, 6) is -0.257. The van der Waals surface area contributed by atoms with Gasteiger partial charge in [0, 0.05) is 17.6 Å². The molecular formula is C11H18O3. The minimum atomic E-state index is -0.329. The first-order chi connectivity index (χ1) is 6.54. The van der Waals surface area contributed by atoms with Crippen LogP contribution >= 0.6 is 0 Å². The predicted octanol–water partition coefficient (Wildman–Crippen LogP) is 2.13. The van der Waals surface area contributed by atoms with Gasteiger partial charge >= 0.3 is 0 Å². The van der Waals surface area contributed by atoms with Crippen LogP contribution in [-0.4, -0.2) is 22.6 Å². The summed E-state index contributed by atoms with van der Waals surface area (Å²) in [5.41, 5.74) is 0.477. The number of rotatable bonds is 6. The van der Waals surface area contributed by atoms with Crippen molar-refractivity contribution >= 4 is 5.78 Å². The number of Topliss-reactive ketones (excluding diaryl/α,β-unsaturated/α-hetero) is 1. The lowest BCUT2D eigenvalue weighted by atomic mass is 10.0. The first kappa shape index (κ1) is 12.9. The molecule has 0 aliphatic rings. The number of carbonyl (C=O) groups is 1. The number of allylic oxidation sites excluding steroid dienone is 1. The summed E-state index contributed by atoms with van der Waals surface area (Å²) in [6.07, 6.45) is 2.20. The Labute approximate surface area is 84.8 Å². The lowest BCUT2D eigenvalue weighted by Crippen LogP contribution is -2.05. The van der Waals surface area contributed by atoms with E-state index in [2.05, 4.69) is 6.58 Å². The van der Waals surface area contributed by atoms with E-state index < -0.39 is 0 Å². The second-order valence-corrected chi connectivity index (χ2v) is 3.26. The van der Waals surface area contributed by atoms with Crippen LogP contribution < -0.4 is 0 Å². The topological polar surface area (TPSA) is 57.5 Å². The molecule has 0 aromatic heterocycles. The van der Waals surface area contributed by atoms with Gasteiger partial charge in [-0.05, 0) is 13.3 Å². The van der Waals surface area contributed by atoms with Crippen LogP contribution in [0.25, 0.3) is 0 Å². The van der Waals surface area contributed by atoms with Crippen molar-refractivity contribution < 1.29 is 15.0 Å². The third-order valence-corrected chi connectivity index (χ3v) is 2.06. The Hall–Kier alpha value is -1.09. The number of aliphatic hydroxyl groups is 2. The molecule has 0 spiro atoms. The maximum Gasteiger partial charge on any atom is 0.162 e. The summed E-state index contributed by atoms with van der Waals surface area (Å²) < 4.78 is 0. The normalized spacial score (nSPS) is 12.2. The Morgan fingerprint density at radius 3 is 2.43 bits per heavy atom. The van der Waals surface area contributed by atoms with Gasteiger partial charge in [0.05, 0.1) is 6.61 Å². The second kappa shape index (κ2) is 6.38. The summed E-state index contributed by atoms with van der Waals surface area (Å²) >= 11 is 0. The average molecular weight is 198 g/mol. The number of hydrogen-bond acceptors (Lipinski definition) is 3. The molecule has 80 valence electrons. The van der Waals surface area contributed by atoms with Crippen LogP contribution in [-0.2, 0) is 4.79 Å². The molecule has 0 amide bonds. The molecule has 0 aliphatic heterocycles. The zero-order valence-corrected chi connectivity index (χ0v) is 8.84. The third-order valence-electron chi connectivity index (χ3n) is 2.06. The number of carbonyl (C=O) groups excluding carboxylic acids is 1. The van der Waals surface area contributed by atoms with Gasteiger partial charge in [0.2, 0.25) is 0 Å². The van der Waals surface area contributed by atoms with Crippen LogP contribution in [0.3, 0.4) is 0 Å². The van der Waals surface area contributed by atoms with Gasteiger partial charge in [0.15, 0.2) is 5.78 Å². The van der Waals surface area contributed by atoms with Gasteiger partial charge in [-0.3, -0.25) is 4.79 Å². The first-order valence-electron chi connectivity index (χ1n) is 4.76. The van der Waals surface area contributed by atoms with Gasteiger partial charge in [-0.15, -0.1) is 0 Å². The number of unbranched alkanes of at least 4 members (excludes halogenated alkanes) is 1. The quantitative estimate of drug-likeness (QED) is 0.390. The Balaban J connectivity index is 4.48. The van der Waals surface area contributed by atoms with E-state index in [-0.39, 0.29) is 29.3 Å². The van der Waals surface area contributed by atoms with E-state index >= 15 is 0 Å². The Kier molecular flexibility index (Phi) is 5.88. The van der Waals surface area contributed by atoms with E-state index in [4.69, 9.17) is 5.11 Å². The van der Waals surface area contributed by atoms with Crippen molar-refractivity contribution in [3.05, 3.63) is 23.5 Å². The van der Waals surface area contributed by atoms with Crippen molar-refractivity contribution in [1.82, 2.24) is 0 Å². The monoisotopic (exact) mass is 198 g/mol. The molecule has 0 heterocycles. The fourth-order valence-corrected chi connectivity index (χ4v) is 0.997. The van der Waals surface area contributed by atoms with Gasteiger partial charge in [-0.1, -0.05) is 19.9 Å². The summed E-state index contributed by atoms with van der Waals surface area (Å²) in [7, 11) is 0. The minimum Gasteiger partial charge on any atom is -0.507 e. The van der Waals surface area contributed by atoms with Crippen molar-refractivity contribution in [2.24, 2.45) is 0 Å². The molecular weight excluding hydrogens is 180 g/mol. The van der Waals surface area contributed by atoms with E-state index in [9.17, 15) is 9.90 Å². The highest BCUT2D eigenvalue weighted by Crippen LogP contribution is 2.13. The zero-order valence-electron chi connectivity index (χ0n) is 8.84. The molecule has 0 radical (unpaired) electrons. The Morgan fingerprint density at radius 2 is 2.00 bits per heavy atom. The van der Waals surface area contributed by atoms with Gasteiger partial charge in [0.1, 0.15) is 5.76 Å². The predicted molar refractivity (Wildman–Crippen MR) is 56.1 cm³/mol. The van der Waals surface area contributed by atoms with E-state index in [1.54, 1.807) is 6.92 Å². The number of ketones is 1. The lowest BCUT2D eigenvalue weighted by Gasteiger charge is -2.05. The molecule has 0 saturated carbocycles. The average Bonchev–Trinajstić information content (AvgIpc) is 2.22. The first-order valence-corrected chi connectivity index (χ1v) is 4.76. The third kappa shape index (κ3) is 3.75. The minimum absolute atomic E-state index is 0.0843. The highest BCUT2D eigenvalue weighted by molar-refractivity contribution is 5.95. The molecule has 2 N–H and O–H groups in total. The van der Waals surface area contributed by atoms with Gasteiger partial charge in [0.25, 0.3) is 0 Å². The van der Waals surface area contributed by atoms with E-state index in [1.807, 2.05) is 6.92 Å². The summed E-state index contributed by atoms with van der Waals surface area (Å²) in [4.78, 5) is 11.4. The molecule has 0 rings (SSSR count). The molecule has 0 aromatic carbocycles. The van der Waals surface area contributed by atoms with E-state index in [0.29, 0.717) is 6.42 Å². The maximum atomic E-state index is 11.4. The van der Waals surface area contributed by atoms with Gasteiger partial charge in [-0.2, -0.15) is 0 Å². The molecule has 0 atom stereocenters. The standard InChI is InChI=1S/C11H18O3/c1-4-5-6-10(13)9(3)11(14)8(2)7-12/h12,14H,2,4-7H2,1,3H3. The molecule has 3 nitrogen and oxygen atoms in total. The molecule has 14 heavy (non-hydrogen) atoms. The second-order valence-electron chi connectivity index (χ2n) is 3.26. The number of hydrogen-bond donors (Lipinski definition) is 2. The van der Waals surface area contributed by atoms with Crippen LogP contribution in [0.4, 0.5) is 0 Å². The van der Waals surface area contributed by atoms with Crippen LogP contribution in [0.1, 0.15) is 33.1 Å². The van der Waals surface area contributed by atoms with E-state index in [1.165, 1.54) is 0 Å². The van der Waals surface area contributed by atoms with Crippen molar-refractivity contribution in [3.63, 3.8) is 0 Å². The molecule has 0 bridgehead atoms. The molecule has 0 unspecified atom stereocenters. The highest BCUT2D eigenvalue weighted by atomic mass is 16.3. The zero-order chi connectivity index (χ0) is 11.1. The molecule has 0 aromatic rings. The molecule has 0 aliphatic carbocycles. The SMILES string of the molecule is C=C(CO)C(O)=C(C)C(=O)CCCC. The van der Waals surface area contributed by atoms with Crippen molar-refractivity contribution in [2.45, 2.75) is 33.1 Å². The summed E-state index contributed by atoms with van der Waals surface area (Å²) in [6, 6.07) is 0. The van der Waals surface area contributed by atoms with Crippen LogP contribution in [0.5, 0.6) is 0 Å².